The second-order valence-corrected chi connectivity index (χ2v) is 5.84. The van der Waals surface area contributed by atoms with Gasteiger partial charge in [-0.3, -0.25) is 0 Å². The number of Topliss-reactive ketones (excluding diaryl/α,β-unsaturated/α-hetero) is 1. The Hall–Kier alpha value is -0.710. The van der Waals surface area contributed by atoms with Crippen LogP contribution in [0, 0.1) is 0 Å². The first-order chi connectivity index (χ1) is 7.66. The number of nitrogens with one attached hydrogen (secondary N) is 2. The topological polar surface area (TPSA) is 58.2 Å². The molecule has 0 aromatic heterocycles. The fraction of sp³-hybridized carbons (Fsp3) is 0.818. The van der Waals surface area contributed by atoms with Crippen LogP contribution in [-0.4, -0.2) is 34.9 Å². The highest BCUT2D eigenvalue weighted by Crippen LogP contribution is 2.33. The summed E-state index contributed by atoms with van der Waals surface area (Å²) in [5, 5.41) is 6.43. The van der Waals surface area contributed by atoms with Gasteiger partial charge < -0.3 is 15.4 Å². The number of hydrogen-bond acceptors (Lipinski definition) is 3. The number of amides is 2. The molecular weight excluding hydrogens is 224 g/mol. The second kappa shape index (κ2) is 5.08. The molecule has 0 aromatic rings. The molecule has 2 fully saturated rings. The van der Waals surface area contributed by atoms with Gasteiger partial charge in [0.05, 0.1) is 12.1 Å². The van der Waals surface area contributed by atoms with Crippen molar-refractivity contribution in [3.8, 4) is 0 Å². The minimum Gasteiger partial charge on any atom is -0.332 e. The summed E-state index contributed by atoms with van der Waals surface area (Å²) < 4.78 is 0. The summed E-state index contributed by atoms with van der Waals surface area (Å²) in [5.41, 5.74) is 0. The Balaban J connectivity index is 1.70. The molecule has 0 aromatic carbocycles. The molecule has 3 atom stereocenters. The zero-order chi connectivity index (χ0) is 11.5. The van der Waals surface area contributed by atoms with Crippen LogP contribution < -0.4 is 10.6 Å². The summed E-state index contributed by atoms with van der Waals surface area (Å²) in [5.74, 6) is 1.29. The average molecular weight is 242 g/mol. The van der Waals surface area contributed by atoms with Gasteiger partial charge in [0, 0.05) is 17.4 Å². The van der Waals surface area contributed by atoms with Crippen molar-refractivity contribution in [3.63, 3.8) is 0 Å². The molecule has 16 heavy (non-hydrogen) atoms. The number of thioether (sulfide) groups is 1. The maximum absolute atomic E-state index is 11.1. The highest BCUT2D eigenvalue weighted by atomic mass is 32.2. The Kier molecular flexibility index (Phi) is 3.74. The molecule has 2 aliphatic heterocycles. The lowest BCUT2D eigenvalue weighted by Gasteiger charge is -2.16. The third kappa shape index (κ3) is 2.70. The predicted octanol–water partition coefficient (Wildman–Crippen LogP) is 1.30. The predicted molar refractivity (Wildman–Crippen MR) is 64.6 cm³/mol. The van der Waals surface area contributed by atoms with Gasteiger partial charge in [-0.15, -0.1) is 0 Å². The highest BCUT2D eigenvalue weighted by Gasteiger charge is 2.42. The molecule has 0 aliphatic carbocycles. The number of carbonyl (C=O) groups excluding carboxylic acids is 2. The molecule has 2 saturated heterocycles. The van der Waals surface area contributed by atoms with E-state index in [1.165, 1.54) is 0 Å². The van der Waals surface area contributed by atoms with Crippen molar-refractivity contribution in [2.45, 2.75) is 49.9 Å². The van der Waals surface area contributed by atoms with E-state index in [9.17, 15) is 9.59 Å². The van der Waals surface area contributed by atoms with Crippen LogP contribution in [0.3, 0.4) is 0 Å². The van der Waals surface area contributed by atoms with E-state index < -0.39 is 0 Å². The fourth-order valence-electron chi connectivity index (χ4n) is 2.36. The maximum atomic E-state index is 11.1. The summed E-state index contributed by atoms with van der Waals surface area (Å²) in [6, 6.07) is 0.592. The summed E-state index contributed by atoms with van der Waals surface area (Å²) in [6.07, 6.45) is 3.85. The lowest BCUT2D eigenvalue weighted by Crippen LogP contribution is -2.36. The van der Waals surface area contributed by atoms with E-state index in [-0.39, 0.29) is 11.8 Å². The minimum atomic E-state index is -0.0240. The van der Waals surface area contributed by atoms with Crippen LogP contribution >= 0.6 is 11.8 Å². The van der Waals surface area contributed by atoms with Crippen LogP contribution in [0.4, 0.5) is 4.79 Å². The monoisotopic (exact) mass is 242 g/mol. The van der Waals surface area contributed by atoms with Crippen molar-refractivity contribution in [2.24, 2.45) is 0 Å². The van der Waals surface area contributed by atoms with Crippen molar-refractivity contribution < 1.29 is 9.59 Å². The summed E-state index contributed by atoms with van der Waals surface area (Å²) in [4.78, 5) is 21.9. The zero-order valence-corrected chi connectivity index (χ0v) is 10.3. The van der Waals surface area contributed by atoms with E-state index in [4.69, 9.17) is 0 Å². The normalized spacial score (nSPS) is 32.1. The molecule has 0 radical (unpaired) electrons. The SMILES string of the molecule is CC(=O)CCCC[C@@H]1SC[C@H]2NC(=O)N[C@@H]12. The first kappa shape index (κ1) is 11.8. The maximum Gasteiger partial charge on any atom is 0.315 e. The van der Waals surface area contributed by atoms with Crippen molar-refractivity contribution in [2.75, 3.05) is 5.75 Å². The average Bonchev–Trinajstić information content (AvgIpc) is 2.72. The van der Waals surface area contributed by atoms with Crippen LogP contribution in [0.5, 0.6) is 0 Å². The van der Waals surface area contributed by atoms with E-state index in [0.29, 0.717) is 23.8 Å². The van der Waals surface area contributed by atoms with Crippen molar-refractivity contribution in [3.05, 3.63) is 0 Å². The molecule has 2 rings (SSSR count). The van der Waals surface area contributed by atoms with Crippen molar-refractivity contribution in [1.29, 1.82) is 0 Å². The Morgan fingerprint density at radius 1 is 1.44 bits per heavy atom. The van der Waals surface area contributed by atoms with Gasteiger partial charge in [-0.05, 0) is 19.8 Å². The van der Waals surface area contributed by atoms with Gasteiger partial charge in [0.15, 0.2) is 0 Å². The van der Waals surface area contributed by atoms with Gasteiger partial charge >= 0.3 is 6.03 Å². The zero-order valence-electron chi connectivity index (χ0n) is 9.49. The minimum absolute atomic E-state index is 0.0240. The van der Waals surface area contributed by atoms with Gasteiger partial charge in [-0.2, -0.15) is 11.8 Å². The van der Waals surface area contributed by atoms with Crippen LogP contribution in [0.1, 0.15) is 32.6 Å². The number of fused-ring (bicyclic) bond motifs is 1. The van der Waals surface area contributed by atoms with Gasteiger partial charge in [-0.25, -0.2) is 4.79 Å². The molecule has 4 nitrogen and oxygen atoms in total. The molecular formula is C11H18N2O2S. The summed E-state index contributed by atoms with van der Waals surface area (Å²) in [6.45, 7) is 1.64. The second-order valence-electron chi connectivity index (χ2n) is 4.57. The van der Waals surface area contributed by atoms with Gasteiger partial charge in [0.25, 0.3) is 0 Å². The molecule has 0 unspecified atom stereocenters. The van der Waals surface area contributed by atoms with E-state index in [1.807, 2.05) is 11.8 Å². The Bertz CT molecular complexity index is 296. The van der Waals surface area contributed by atoms with E-state index in [1.54, 1.807) is 6.92 Å². The van der Waals surface area contributed by atoms with Crippen LogP contribution in [-0.2, 0) is 4.79 Å². The van der Waals surface area contributed by atoms with Crippen LogP contribution in [0.2, 0.25) is 0 Å². The molecule has 0 spiro atoms. The van der Waals surface area contributed by atoms with Crippen LogP contribution in [0.15, 0.2) is 0 Å². The number of urea groups is 1. The number of ketones is 1. The van der Waals surface area contributed by atoms with Crippen LogP contribution in [0.25, 0.3) is 0 Å². The quantitative estimate of drug-likeness (QED) is 0.564. The first-order valence-corrected chi connectivity index (χ1v) is 6.90. The molecule has 2 heterocycles. The molecule has 0 saturated carbocycles. The number of unbranched alkanes of at least 4 members (excludes halogenated alkanes) is 1. The van der Waals surface area contributed by atoms with Crippen molar-refractivity contribution >= 4 is 23.6 Å². The molecule has 2 amide bonds. The number of hydrogen-bond donors (Lipinski definition) is 2. The largest absolute Gasteiger partial charge is 0.332 e. The molecule has 2 aliphatic rings. The Morgan fingerprint density at radius 3 is 3.00 bits per heavy atom. The number of carbonyl (C=O) groups is 2. The number of rotatable bonds is 5. The third-order valence-corrected chi connectivity index (χ3v) is 4.71. The molecule has 0 bridgehead atoms. The van der Waals surface area contributed by atoms with Gasteiger partial charge in [0.1, 0.15) is 5.78 Å². The smallest absolute Gasteiger partial charge is 0.315 e. The lowest BCUT2D eigenvalue weighted by atomic mass is 10.0. The Labute approximate surface area is 99.9 Å². The van der Waals surface area contributed by atoms with E-state index in [0.717, 1.165) is 25.0 Å². The summed E-state index contributed by atoms with van der Waals surface area (Å²) >= 11 is 1.93. The molecule has 5 heteroatoms. The fourth-order valence-corrected chi connectivity index (χ4v) is 3.91. The van der Waals surface area contributed by atoms with E-state index in [2.05, 4.69) is 10.6 Å². The third-order valence-electron chi connectivity index (χ3n) is 3.21. The molecule has 90 valence electrons. The van der Waals surface area contributed by atoms with Crippen molar-refractivity contribution in [1.82, 2.24) is 10.6 Å². The van der Waals surface area contributed by atoms with Gasteiger partial charge in [-0.1, -0.05) is 6.42 Å². The summed E-state index contributed by atoms with van der Waals surface area (Å²) in [7, 11) is 0. The lowest BCUT2D eigenvalue weighted by molar-refractivity contribution is -0.117. The van der Waals surface area contributed by atoms with E-state index >= 15 is 0 Å². The highest BCUT2D eigenvalue weighted by molar-refractivity contribution is 8.00. The molecule has 2 N–H and O–H groups in total. The first-order valence-electron chi connectivity index (χ1n) is 5.85. The Morgan fingerprint density at radius 2 is 2.25 bits per heavy atom. The van der Waals surface area contributed by atoms with Gasteiger partial charge in [0.2, 0.25) is 0 Å². The standard InChI is InChI=1S/C11H18N2O2S/c1-7(14)4-2-3-5-9-10-8(6-16-9)12-11(15)13-10/h8-10H,2-6H2,1H3,(H2,12,13,15)/t8-,9+,10-/m1/s1.